The van der Waals surface area contributed by atoms with Crippen molar-refractivity contribution in [3.05, 3.63) is 52.6 Å². The van der Waals surface area contributed by atoms with Gasteiger partial charge in [-0.25, -0.2) is 16.8 Å². The number of carbonyl (C=O) groups excluding carboxylic acids is 1. The average molecular weight is 1010 g/mol. The van der Waals surface area contributed by atoms with Crippen molar-refractivity contribution in [1.82, 2.24) is 0 Å². The van der Waals surface area contributed by atoms with Crippen LogP contribution in [0.15, 0.2) is 30.4 Å². The van der Waals surface area contributed by atoms with E-state index in [1.807, 2.05) is 19.1 Å². The molecule has 0 aromatic heterocycles. The molecule has 0 heterocycles. The van der Waals surface area contributed by atoms with Gasteiger partial charge >= 0.3 is 31.4 Å². The van der Waals surface area contributed by atoms with Gasteiger partial charge < -0.3 is 18.6 Å². The quantitative estimate of drug-likeness (QED) is 0.0408. The summed E-state index contributed by atoms with van der Waals surface area (Å²) in [5, 5.41) is 1.31. The molecule has 2 aliphatic carbocycles. The Hall–Kier alpha value is -2.06. The third-order valence-electron chi connectivity index (χ3n) is 10.4. The second-order valence-electron chi connectivity index (χ2n) is 15.6. The molecular formula is C41H57F6O9PPdS2. The number of hydrogen-bond donors (Lipinski definition) is 0. The van der Waals surface area contributed by atoms with Crippen molar-refractivity contribution in [3.8, 4) is 22.6 Å². The molecule has 19 heteroatoms. The Bertz CT molecular complexity index is 1880. The van der Waals surface area contributed by atoms with Crippen molar-refractivity contribution in [2.24, 2.45) is 0 Å². The smallest absolute Gasteiger partial charge is 0.741 e. The van der Waals surface area contributed by atoms with Gasteiger partial charge in [-0.1, -0.05) is 106 Å². The standard InChI is InChI=1S/C39H57O3P.2CHF3O3S.Pd/c1-10-17-34(40)33-24-35(41-8)37(36-31(26(4)5)22-28(25(2)3)23-32(36)27(6)7)39(38(33)42-9)43(29-18-13-11-14-19-29)30-20-15-12-16-21-30;2*2-1(3,4)8(5,6)7;/h10,17,22-27,29-30H,11-16,18-21H2,1-9H3;2*(H,5,6,7);/q;;;+2/p-2/b17-10+;;;. The van der Waals surface area contributed by atoms with Crippen LogP contribution >= 0.6 is 7.92 Å². The number of allylic oxidation sites excluding steroid dienone is 2. The molecule has 0 unspecified atom stereocenters. The summed E-state index contributed by atoms with van der Waals surface area (Å²) in [5.74, 6) is 2.75. The molecule has 2 saturated carbocycles. The van der Waals surface area contributed by atoms with Crippen LogP contribution in [0.5, 0.6) is 11.5 Å². The largest absolute Gasteiger partial charge is 2.00 e. The van der Waals surface area contributed by atoms with E-state index in [2.05, 4.69) is 53.7 Å². The Morgan fingerprint density at radius 1 is 0.700 bits per heavy atom. The van der Waals surface area contributed by atoms with Crippen LogP contribution in [0.3, 0.4) is 0 Å². The monoisotopic (exact) mass is 1010 g/mol. The molecule has 2 aliphatic rings. The van der Waals surface area contributed by atoms with E-state index in [4.69, 9.17) is 35.4 Å². The number of alkyl halides is 6. The molecular weight excluding hydrogens is 952 g/mol. The summed E-state index contributed by atoms with van der Waals surface area (Å²) in [7, 11) is -9.21. The van der Waals surface area contributed by atoms with Gasteiger partial charge in [0.15, 0.2) is 26.0 Å². The maximum atomic E-state index is 13.7. The number of ether oxygens (including phenoxy) is 2. The minimum Gasteiger partial charge on any atom is -0.741 e. The van der Waals surface area contributed by atoms with Gasteiger partial charge in [0.2, 0.25) is 0 Å². The molecule has 0 amide bonds. The second-order valence-corrected chi connectivity index (χ2v) is 21.0. The molecule has 0 saturated heterocycles. The van der Waals surface area contributed by atoms with Crippen LogP contribution in [0, 0.1) is 0 Å². The number of carbonyl (C=O) groups is 1. The number of hydrogen-bond acceptors (Lipinski definition) is 9. The Balaban J connectivity index is 0.000000893. The topological polar surface area (TPSA) is 150 Å². The first-order valence-corrected chi connectivity index (χ1v) is 23.9. The first-order valence-electron chi connectivity index (χ1n) is 19.6. The van der Waals surface area contributed by atoms with Gasteiger partial charge in [0.25, 0.3) is 0 Å². The molecule has 0 N–H and O–H groups in total. The van der Waals surface area contributed by atoms with E-state index in [-0.39, 0.29) is 26.2 Å². The third-order valence-corrected chi connectivity index (χ3v) is 15.1. The van der Waals surface area contributed by atoms with Crippen molar-refractivity contribution < 1.29 is 87.0 Å². The van der Waals surface area contributed by atoms with E-state index < -0.39 is 39.2 Å². The Labute approximate surface area is 366 Å². The summed E-state index contributed by atoms with van der Waals surface area (Å²) in [6.45, 7) is 15.8. The van der Waals surface area contributed by atoms with E-state index in [9.17, 15) is 31.1 Å². The minimum atomic E-state index is -6.09. The summed E-state index contributed by atoms with van der Waals surface area (Å²) in [5.41, 5.74) is -2.66. The minimum absolute atomic E-state index is 0. The molecule has 344 valence electrons. The fraction of sp³-hybridized carbons (Fsp3) is 0.634. The van der Waals surface area contributed by atoms with E-state index >= 15 is 0 Å². The van der Waals surface area contributed by atoms with Gasteiger partial charge in [0.05, 0.1) is 19.8 Å². The van der Waals surface area contributed by atoms with Crippen molar-refractivity contribution >= 4 is 39.2 Å². The van der Waals surface area contributed by atoms with Crippen LogP contribution in [-0.4, -0.2) is 68.3 Å². The number of methoxy groups -OCH3 is 2. The summed E-state index contributed by atoms with van der Waals surface area (Å²) < 4.78 is 131. The van der Waals surface area contributed by atoms with Gasteiger partial charge in [-0.2, -0.15) is 26.3 Å². The van der Waals surface area contributed by atoms with Gasteiger partial charge in [-0.3, -0.25) is 4.79 Å². The second kappa shape index (κ2) is 23.6. The van der Waals surface area contributed by atoms with Crippen LogP contribution in [0.2, 0.25) is 0 Å². The normalized spacial score (nSPS) is 16.0. The van der Waals surface area contributed by atoms with E-state index in [1.165, 1.54) is 97.3 Å². The summed E-state index contributed by atoms with van der Waals surface area (Å²) in [6.07, 6.45) is 16.5. The molecule has 0 atom stereocenters. The van der Waals surface area contributed by atoms with Gasteiger partial charge in [0, 0.05) is 10.9 Å². The number of ketones is 1. The van der Waals surface area contributed by atoms with Crippen molar-refractivity contribution in [3.63, 3.8) is 0 Å². The van der Waals surface area contributed by atoms with Crippen LogP contribution < -0.4 is 14.8 Å². The molecule has 0 aliphatic heterocycles. The fourth-order valence-corrected chi connectivity index (χ4v) is 11.6. The maximum absolute atomic E-state index is 13.7. The van der Waals surface area contributed by atoms with Crippen LogP contribution in [-0.2, 0) is 40.7 Å². The predicted molar refractivity (Wildman–Crippen MR) is 218 cm³/mol. The third kappa shape index (κ3) is 14.8. The zero-order chi connectivity index (χ0) is 45.3. The molecule has 60 heavy (non-hydrogen) atoms. The molecule has 9 nitrogen and oxygen atoms in total. The van der Waals surface area contributed by atoms with E-state index in [0.717, 1.165) is 11.5 Å². The summed E-state index contributed by atoms with van der Waals surface area (Å²) >= 11 is 0. The SMILES string of the molecule is C/C=C/C(=O)c1cc(OC)c(-c2c(C(C)C)cc(C(C)C)cc2C(C)C)c(P(C2CCCCC2)C2CCCCC2)c1OC.O=S(=O)([O-])C(F)(F)F.O=S(=O)([O-])C(F)(F)F.[Pd+2]. The number of benzene rings is 2. The summed E-state index contributed by atoms with van der Waals surface area (Å²) in [4.78, 5) is 13.7. The van der Waals surface area contributed by atoms with Crippen LogP contribution in [0.1, 0.15) is 157 Å². The first kappa shape index (κ1) is 56.0. The fourth-order valence-electron chi connectivity index (χ4n) is 7.53. The number of rotatable bonds is 11. The molecule has 0 spiro atoms. The zero-order valence-electron chi connectivity index (χ0n) is 35.4. The Morgan fingerprint density at radius 3 is 1.37 bits per heavy atom. The van der Waals surface area contributed by atoms with Crippen LogP contribution in [0.25, 0.3) is 11.1 Å². The number of halogens is 6. The molecule has 2 aromatic rings. The molecule has 4 rings (SSSR count). The van der Waals surface area contributed by atoms with Gasteiger partial charge in [-0.05, 0) is 96.1 Å². The van der Waals surface area contributed by atoms with Crippen LogP contribution in [0.4, 0.5) is 26.3 Å². The maximum Gasteiger partial charge on any atom is 2.00 e. The molecule has 2 aromatic carbocycles. The molecule has 0 radical (unpaired) electrons. The van der Waals surface area contributed by atoms with Crippen molar-refractivity contribution in [2.45, 2.75) is 153 Å². The Kier molecular flexibility index (Phi) is 22.0. The van der Waals surface area contributed by atoms with E-state index in [1.54, 1.807) is 20.3 Å². The van der Waals surface area contributed by atoms with Crippen molar-refractivity contribution in [2.75, 3.05) is 14.2 Å². The Morgan fingerprint density at radius 2 is 1.08 bits per heavy atom. The molecule has 0 bridgehead atoms. The zero-order valence-corrected chi connectivity index (χ0v) is 39.4. The van der Waals surface area contributed by atoms with Crippen molar-refractivity contribution in [1.29, 1.82) is 0 Å². The average Bonchev–Trinajstić information content (AvgIpc) is 3.13. The molecule has 2 fully saturated rings. The van der Waals surface area contributed by atoms with Gasteiger partial charge in [-0.15, -0.1) is 0 Å². The van der Waals surface area contributed by atoms with Gasteiger partial charge in [0.1, 0.15) is 11.5 Å². The summed E-state index contributed by atoms with van der Waals surface area (Å²) in [6, 6.07) is 6.89. The van der Waals surface area contributed by atoms with E-state index in [0.29, 0.717) is 34.6 Å². The predicted octanol–water partition coefficient (Wildman–Crippen LogP) is 11.4. The first-order chi connectivity index (χ1) is 27.1.